The van der Waals surface area contributed by atoms with E-state index >= 15 is 0 Å². The molecule has 0 aromatic carbocycles. The van der Waals surface area contributed by atoms with Crippen molar-refractivity contribution in [2.24, 2.45) is 16.5 Å². The SMILES string of the molecule is CC1(N)N=C(N)NC=C1c1cnn(C(F)(F)F)c1. The average Bonchev–Trinajstić information content (AvgIpc) is 2.63. The van der Waals surface area contributed by atoms with Gasteiger partial charge in [-0.3, -0.25) is 0 Å². The third-order valence-corrected chi connectivity index (χ3v) is 2.42. The second kappa shape index (κ2) is 3.73. The summed E-state index contributed by atoms with van der Waals surface area (Å²) in [5.41, 5.74) is 10.7. The van der Waals surface area contributed by atoms with Gasteiger partial charge in [0.25, 0.3) is 0 Å². The first-order valence-electron chi connectivity index (χ1n) is 4.94. The number of nitrogens with zero attached hydrogens (tertiary/aromatic N) is 3. The van der Waals surface area contributed by atoms with Crippen molar-refractivity contribution >= 4 is 11.5 Å². The minimum atomic E-state index is -4.56. The molecule has 0 aliphatic carbocycles. The van der Waals surface area contributed by atoms with Crippen molar-refractivity contribution in [3.63, 3.8) is 0 Å². The minimum absolute atomic E-state index is 0.0963. The Morgan fingerprint density at radius 1 is 1.44 bits per heavy atom. The van der Waals surface area contributed by atoms with Gasteiger partial charge in [0.05, 0.1) is 6.20 Å². The molecule has 0 saturated heterocycles. The Morgan fingerprint density at radius 3 is 2.61 bits per heavy atom. The summed E-state index contributed by atoms with van der Waals surface area (Å²) < 4.78 is 37.1. The van der Waals surface area contributed by atoms with E-state index in [4.69, 9.17) is 11.5 Å². The van der Waals surface area contributed by atoms with Crippen LogP contribution in [0.3, 0.4) is 0 Å². The van der Waals surface area contributed by atoms with Gasteiger partial charge in [0.2, 0.25) is 0 Å². The highest BCUT2D eigenvalue weighted by molar-refractivity contribution is 5.87. The van der Waals surface area contributed by atoms with E-state index in [1.54, 1.807) is 0 Å². The molecule has 1 aliphatic heterocycles. The monoisotopic (exact) mass is 260 g/mol. The van der Waals surface area contributed by atoms with Gasteiger partial charge in [-0.05, 0) is 6.92 Å². The van der Waals surface area contributed by atoms with E-state index in [1.165, 1.54) is 13.1 Å². The van der Waals surface area contributed by atoms with Crippen molar-refractivity contribution in [1.29, 1.82) is 0 Å². The molecule has 0 fully saturated rings. The van der Waals surface area contributed by atoms with Crippen LogP contribution in [0.5, 0.6) is 0 Å². The highest BCUT2D eigenvalue weighted by Gasteiger charge is 2.34. The number of aromatic nitrogens is 2. The Balaban J connectivity index is 2.36. The van der Waals surface area contributed by atoms with Gasteiger partial charge in [0.1, 0.15) is 5.66 Å². The highest BCUT2D eigenvalue weighted by Crippen LogP contribution is 2.29. The van der Waals surface area contributed by atoms with Crippen LogP contribution in [0.25, 0.3) is 5.57 Å². The second-order valence-corrected chi connectivity index (χ2v) is 3.99. The number of rotatable bonds is 1. The van der Waals surface area contributed by atoms with E-state index in [0.29, 0.717) is 5.57 Å². The number of aliphatic imine (C=N–C) groups is 1. The van der Waals surface area contributed by atoms with Crippen LogP contribution in [0.2, 0.25) is 0 Å². The van der Waals surface area contributed by atoms with Crippen LogP contribution in [0, 0.1) is 0 Å². The minimum Gasteiger partial charge on any atom is -0.370 e. The quantitative estimate of drug-likeness (QED) is 0.676. The lowest BCUT2D eigenvalue weighted by Crippen LogP contribution is -2.44. The molecule has 5 N–H and O–H groups in total. The zero-order valence-corrected chi connectivity index (χ0v) is 9.36. The Kier molecular flexibility index (Phi) is 2.58. The molecular formula is C9H11F3N6. The van der Waals surface area contributed by atoms with Crippen LogP contribution in [0.1, 0.15) is 12.5 Å². The molecule has 2 heterocycles. The molecule has 0 bridgehead atoms. The first-order valence-corrected chi connectivity index (χ1v) is 4.94. The molecule has 0 saturated carbocycles. The molecular weight excluding hydrogens is 249 g/mol. The smallest absolute Gasteiger partial charge is 0.370 e. The zero-order valence-electron chi connectivity index (χ0n) is 9.36. The van der Waals surface area contributed by atoms with E-state index in [0.717, 1.165) is 12.4 Å². The zero-order chi connectivity index (χ0) is 13.6. The molecule has 1 unspecified atom stereocenters. The largest absolute Gasteiger partial charge is 0.504 e. The number of nitrogens with one attached hydrogen (secondary N) is 1. The van der Waals surface area contributed by atoms with Crippen LogP contribution in [-0.2, 0) is 6.30 Å². The van der Waals surface area contributed by atoms with Gasteiger partial charge in [-0.2, -0.15) is 9.78 Å². The van der Waals surface area contributed by atoms with Crippen molar-refractivity contribution in [3.05, 3.63) is 24.2 Å². The third-order valence-electron chi connectivity index (χ3n) is 2.42. The van der Waals surface area contributed by atoms with Crippen LogP contribution < -0.4 is 16.8 Å². The molecule has 1 atom stereocenters. The predicted octanol–water partition coefficient (Wildman–Crippen LogP) is 0.293. The van der Waals surface area contributed by atoms with E-state index < -0.39 is 12.0 Å². The second-order valence-electron chi connectivity index (χ2n) is 3.99. The number of halogens is 3. The first kappa shape index (κ1) is 12.4. The number of alkyl halides is 3. The molecule has 98 valence electrons. The maximum atomic E-state index is 12.4. The lowest BCUT2D eigenvalue weighted by atomic mass is 9.98. The highest BCUT2D eigenvalue weighted by atomic mass is 19.4. The molecule has 1 aliphatic rings. The summed E-state index contributed by atoms with van der Waals surface area (Å²) in [7, 11) is 0. The third kappa shape index (κ3) is 2.16. The molecule has 1 aromatic heterocycles. The predicted molar refractivity (Wildman–Crippen MR) is 58.9 cm³/mol. The van der Waals surface area contributed by atoms with Crippen molar-refractivity contribution in [2.75, 3.05) is 0 Å². The molecule has 1 aromatic rings. The fourth-order valence-electron chi connectivity index (χ4n) is 1.61. The summed E-state index contributed by atoms with van der Waals surface area (Å²) in [5.74, 6) is 0.104. The van der Waals surface area contributed by atoms with Crippen molar-refractivity contribution in [2.45, 2.75) is 18.9 Å². The molecule has 18 heavy (non-hydrogen) atoms. The fraction of sp³-hybridized carbons (Fsp3) is 0.333. The topological polar surface area (TPSA) is 94.2 Å². The van der Waals surface area contributed by atoms with Crippen LogP contribution in [0.4, 0.5) is 13.2 Å². The Morgan fingerprint density at radius 2 is 2.11 bits per heavy atom. The van der Waals surface area contributed by atoms with Crippen molar-refractivity contribution < 1.29 is 13.2 Å². The van der Waals surface area contributed by atoms with Gasteiger partial charge in [-0.15, -0.1) is 13.2 Å². The summed E-state index contributed by atoms with van der Waals surface area (Å²) >= 11 is 0. The summed E-state index contributed by atoms with van der Waals surface area (Å²) in [5, 5.41) is 5.84. The number of guanidine groups is 1. The summed E-state index contributed by atoms with van der Waals surface area (Å²) in [4.78, 5) is 3.92. The lowest BCUT2D eigenvalue weighted by molar-refractivity contribution is -0.212. The van der Waals surface area contributed by atoms with Gasteiger partial charge in [0.15, 0.2) is 5.96 Å². The molecule has 0 radical (unpaired) electrons. The van der Waals surface area contributed by atoms with Crippen LogP contribution in [0.15, 0.2) is 23.6 Å². The number of hydrogen-bond acceptors (Lipinski definition) is 5. The lowest BCUT2D eigenvalue weighted by Gasteiger charge is -2.27. The molecule has 6 nitrogen and oxygen atoms in total. The molecule has 0 spiro atoms. The summed E-state index contributed by atoms with van der Waals surface area (Å²) in [6, 6.07) is 0. The first-order chi connectivity index (χ1) is 8.20. The van der Waals surface area contributed by atoms with Crippen LogP contribution in [-0.4, -0.2) is 21.4 Å². The normalized spacial score (nSPS) is 24.3. The standard InChI is InChI=1S/C9H11F3N6/c1-8(14)6(3-15-7(13)17-8)5-2-16-18(4-5)9(10,11)12/h2-4H,14H2,1H3,(H3,13,15,17). The van der Waals surface area contributed by atoms with E-state index in [-0.39, 0.29) is 16.2 Å². The molecule has 2 rings (SSSR count). The Bertz CT molecular complexity index is 525. The van der Waals surface area contributed by atoms with Gasteiger partial charge in [0, 0.05) is 23.5 Å². The van der Waals surface area contributed by atoms with Crippen molar-refractivity contribution in [3.8, 4) is 0 Å². The van der Waals surface area contributed by atoms with Gasteiger partial charge >= 0.3 is 6.30 Å². The Labute approximate surface area is 100 Å². The summed E-state index contributed by atoms with van der Waals surface area (Å²) in [6.07, 6.45) is -1.23. The van der Waals surface area contributed by atoms with E-state index in [9.17, 15) is 13.2 Å². The maximum absolute atomic E-state index is 12.4. The summed E-state index contributed by atoms with van der Waals surface area (Å²) in [6.45, 7) is 1.54. The van der Waals surface area contributed by atoms with Gasteiger partial charge < -0.3 is 16.8 Å². The van der Waals surface area contributed by atoms with E-state index in [2.05, 4.69) is 15.4 Å². The fourth-order valence-corrected chi connectivity index (χ4v) is 1.61. The number of hydrogen-bond donors (Lipinski definition) is 3. The molecule has 9 heteroatoms. The van der Waals surface area contributed by atoms with E-state index in [1.807, 2.05) is 0 Å². The Hall–Kier alpha value is -2.03. The van der Waals surface area contributed by atoms with Crippen LogP contribution >= 0.6 is 0 Å². The van der Waals surface area contributed by atoms with Crippen molar-refractivity contribution in [1.82, 2.24) is 15.1 Å². The number of nitrogens with two attached hydrogens (primary N) is 2. The van der Waals surface area contributed by atoms with Gasteiger partial charge in [-0.25, -0.2) is 4.99 Å². The van der Waals surface area contributed by atoms with Gasteiger partial charge in [-0.1, -0.05) is 0 Å². The maximum Gasteiger partial charge on any atom is 0.504 e. The molecule has 0 amide bonds. The average molecular weight is 260 g/mol.